The van der Waals surface area contributed by atoms with Gasteiger partial charge in [0.15, 0.2) is 11.5 Å². The SMILES string of the molecule is COc1cc2nc([C@@H]3CNC[C@H]3C)nc(N3CCN(c4ccccc4OC)CC3)c2cc1OC. The van der Waals surface area contributed by atoms with E-state index in [4.69, 9.17) is 24.2 Å². The fourth-order valence-electron chi connectivity index (χ4n) is 5.07. The van der Waals surface area contributed by atoms with Gasteiger partial charge in [-0.15, -0.1) is 0 Å². The number of anilines is 2. The summed E-state index contributed by atoms with van der Waals surface area (Å²) in [6.07, 6.45) is 0. The Labute approximate surface area is 200 Å². The standard InChI is InChI=1S/C26H33N5O3/c1-17-15-27-16-19(17)25-28-20-14-24(34-4)23(33-3)13-18(20)26(29-25)31-11-9-30(10-12-31)21-7-5-6-8-22(21)32-2/h5-8,13-14,17,19,27H,9-12,15-16H2,1-4H3/t17-,19-/m1/s1. The fourth-order valence-corrected chi connectivity index (χ4v) is 5.07. The fraction of sp³-hybridized carbons (Fsp3) is 0.462. The molecule has 3 aromatic rings. The number of hydrogen-bond acceptors (Lipinski definition) is 8. The molecule has 8 heteroatoms. The Morgan fingerprint density at radius 2 is 1.50 bits per heavy atom. The van der Waals surface area contributed by atoms with Crippen LogP contribution in [-0.4, -0.2) is 70.6 Å². The Kier molecular flexibility index (Phi) is 6.32. The van der Waals surface area contributed by atoms with Crippen LogP contribution in [0, 0.1) is 5.92 Å². The van der Waals surface area contributed by atoms with Gasteiger partial charge in [-0.05, 0) is 30.7 Å². The van der Waals surface area contributed by atoms with Gasteiger partial charge in [0.2, 0.25) is 0 Å². The van der Waals surface area contributed by atoms with Gasteiger partial charge < -0.3 is 29.3 Å². The second kappa shape index (κ2) is 9.54. The first-order chi connectivity index (χ1) is 16.6. The van der Waals surface area contributed by atoms with Gasteiger partial charge in [-0.1, -0.05) is 19.1 Å². The van der Waals surface area contributed by atoms with E-state index in [2.05, 4.69) is 34.2 Å². The third-order valence-electron chi connectivity index (χ3n) is 7.05. The zero-order chi connectivity index (χ0) is 23.7. The molecule has 1 aromatic heterocycles. The summed E-state index contributed by atoms with van der Waals surface area (Å²) in [7, 11) is 5.05. The molecule has 2 fully saturated rings. The molecule has 0 bridgehead atoms. The van der Waals surface area contributed by atoms with Crippen LogP contribution in [-0.2, 0) is 0 Å². The number of rotatable bonds is 6. The number of nitrogens with zero attached hydrogens (tertiary/aromatic N) is 4. The van der Waals surface area contributed by atoms with Gasteiger partial charge in [-0.25, -0.2) is 9.97 Å². The topological polar surface area (TPSA) is 72.0 Å². The molecule has 2 aliphatic rings. The molecule has 2 aromatic carbocycles. The number of para-hydroxylation sites is 2. The molecule has 34 heavy (non-hydrogen) atoms. The van der Waals surface area contributed by atoms with Crippen LogP contribution in [0.1, 0.15) is 18.7 Å². The summed E-state index contributed by atoms with van der Waals surface area (Å²) in [6.45, 7) is 7.64. The van der Waals surface area contributed by atoms with Crippen molar-refractivity contribution in [1.82, 2.24) is 15.3 Å². The van der Waals surface area contributed by atoms with E-state index in [1.54, 1.807) is 21.3 Å². The Hall–Kier alpha value is -3.26. The van der Waals surface area contributed by atoms with Crippen molar-refractivity contribution < 1.29 is 14.2 Å². The maximum atomic E-state index is 5.60. The van der Waals surface area contributed by atoms with Crippen molar-refractivity contribution in [2.75, 3.05) is 70.4 Å². The summed E-state index contributed by atoms with van der Waals surface area (Å²) in [5.41, 5.74) is 2.03. The van der Waals surface area contributed by atoms with Gasteiger partial charge in [0.05, 0.1) is 32.5 Å². The molecular weight excluding hydrogens is 430 g/mol. The van der Waals surface area contributed by atoms with E-state index in [9.17, 15) is 0 Å². The molecule has 2 aliphatic heterocycles. The lowest BCUT2D eigenvalue weighted by molar-refractivity contribution is 0.355. The lowest BCUT2D eigenvalue weighted by Crippen LogP contribution is -2.47. The van der Waals surface area contributed by atoms with Crippen LogP contribution in [0.4, 0.5) is 11.5 Å². The van der Waals surface area contributed by atoms with Gasteiger partial charge in [-0.3, -0.25) is 0 Å². The van der Waals surface area contributed by atoms with Crippen molar-refractivity contribution in [3.63, 3.8) is 0 Å². The van der Waals surface area contributed by atoms with Crippen LogP contribution in [0.5, 0.6) is 17.2 Å². The molecule has 2 atom stereocenters. The quantitative estimate of drug-likeness (QED) is 0.597. The number of ether oxygens (including phenoxy) is 3. The number of nitrogens with one attached hydrogen (secondary N) is 1. The predicted octanol–water partition coefficient (Wildman–Crippen LogP) is 3.31. The molecule has 8 nitrogen and oxygen atoms in total. The summed E-state index contributed by atoms with van der Waals surface area (Å²) in [5, 5.41) is 4.48. The molecule has 0 spiro atoms. The van der Waals surface area contributed by atoms with Gasteiger partial charge in [0, 0.05) is 50.1 Å². The molecule has 0 amide bonds. The molecule has 0 radical (unpaired) electrons. The van der Waals surface area contributed by atoms with E-state index in [1.165, 1.54) is 0 Å². The van der Waals surface area contributed by atoms with E-state index >= 15 is 0 Å². The Balaban J connectivity index is 1.51. The van der Waals surface area contributed by atoms with Gasteiger partial charge in [-0.2, -0.15) is 0 Å². The van der Waals surface area contributed by atoms with Crippen LogP contribution in [0.25, 0.3) is 10.9 Å². The van der Waals surface area contributed by atoms with Crippen molar-refractivity contribution in [3.8, 4) is 17.2 Å². The molecule has 0 saturated carbocycles. The normalized spacial score (nSPS) is 20.6. The highest BCUT2D eigenvalue weighted by Gasteiger charge is 2.30. The molecule has 0 unspecified atom stereocenters. The van der Waals surface area contributed by atoms with Crippen LogP contribution in [0.3, 0.4) is 0 Å². The minimum Gasteiger partial charge on any atom is -0.495 e. The average molecular weight is 464 g/mol. The summed E-state index contributed by atoms with van der Waals surface area (Å²) in [6, 6.07) is 12.2. The molecule has 1 N–H and O–H groups in total. The van der Waals surface area contributed by atoms with Crippen LogP contribution < -0.4 is 29.3 Å². The lowest BCUT2D eigenvalue weighted by atomic mass is 9.97. The highest BCUT2D eigenvalue weighted by Crippen LogP contribution is 2.38. The molecule has 5 rings (SSSR count). The number of piperazine rings is 1. The third kappa shape index (κ3) is 4.07. The second-order valence-electron chi connectivity index (χ2n) is 9.02. The Morgan fingerprint density at radius 1 is 0.824 bits per heavy atom. The largest absolute Gasteiger partial charge is 0.495 e. The van der Waals surface area contributed by atoms with E-state index in [0.717, 1.165) is 73.3 Å². The summed E-state index contributed by atoms with van der Waals surface area (Å²) in [5.74, 6) is 4.95. The first-order valence-electron chi connectivity index (χ1n) is 11.9. The maximum Gasteiger partial charge on any atom is 0.162 e. The molecule has 2 saturated heterocycles. The highest BCUT2D eigenvalue weighted by molar-refractivity contribution is 5.92. The van der Waals surface area contributed by atoms with Crippen LogP contribution >= 0.6 is 0 Å². The minimum absolute atomic E-state index is 0.297. The van der Waals surface area contributed by atoms with E-state index < -0.39 is 0 Å². The number of benzene rings is 2. The Morgan fingerprint density at radius 3 is 2.18 bits per heavy atom. The summed E-state index contributed by atoms with van der Waals surface area (Å²) >= 11 is 0. The first-order valence-corrected chi connectivity index (χ1v) is 11.9. The van der Waals surface area contributed by atoms with Crippen LogP contribution in [0.2, 0.25) is 0 Å². The third-order valence-corrected chi connectivity index (χ3v) is 7.05. The minimum atomic E-state index is 0.297. The maximum absolute atomic E-state index is 5.60. The van der Waals surface area contributed by atoms with Crippen molar-refractivity contribution in [2.45, 2.75) is 12.8 Å². The smallest absolute Gasteiger partial charge is 0.162 e. The summed E-state index contributed by atoms with van der Waals surface area (Å²) in [4.78, 5) is 14.9. The zero-order valence-corrected chi connectivity index (χ0v) is 20.4. The van der Waals surface area contributed by atoms with Gasteiger partial charge in [0.25, 0.3) is 0 Å². The lowest BCUT2D eigenvalue weighted by Gasteiger charge is -2.37. The molecule has 3 heterocycles. The van der Waals surface area contributed by atoms with Crippen LogP contribution in [0.15, 0.2) is 36.4 Å². The van der Waals surface area contributed by atoms with Crippen molar-refractivity contribution in [2.24, 2.45) is 5.92 Å². The number of methoxy groups -OCH3 is 3. The summed E-state index contributed by atoms with van der Waals surface area (Å²) < 4.78 is 16.8. The monoisotopic (exact) mass is 463 g/mol. The number of aromatic nitrogens is 2. The van der Waals surface area contributed by atoms with Crippen molar-refractivity contribution >= 4 is 22.4 Å². The molecule has 0 aliphatic carbocycles. The van der Waals surface area contributed by atoms with Gasteiger partial charge >= 0.3 is 0 Å². The first kappa shape index (κ1) is 22.5. The van der Waals surface area contributed by atoms with E-state index in [1.807, 2.05) is 24.3 Å². The predicted molar refractivity (Wildman–Crippen MR) is 135 cm³/mol. The number of hydrogen-bond donors (Lipinski definition) is 1. The number of fused-ring (bicyclic) bond motifs is 1. The van der Waals surface area contributed by atoms with Gasteiger partial charge in [0.1, 0.15) is 17.4 Å². The van der Waals surface area contributed by atoms with Crippen molar-refractivity contribution in [1.29, 1.82) is 0 Å². The highest BCUT2D eigenvalue weighted by atomic mass is 16.5. The zero-order valence-electron chi connectivity index (χ0n) is 20.4. The Bertz CT molecular complexity index is 1160. The average Bonchev–Trinajstić information content (AvgIpc) is 3.33. The van der Waals surface area contributed by atoms with Crippen molar-refractivity contribution in [3.05, 3.63) is 42.2 Å². The van der Waals surface area contributed by atoms with E-state index in [-0.39, 0.29) is 0 Å². The second-order valence-corrected chi connectivity index (χ2v) is 9.02. The molecule has 180 valence electrons. The van der Waals surface area contributed by atoms with E-state index in [0.29, 0.717) is 23.3 Å². The molecular formula is C26H33N5O3.